The molecule has 2 nitrogen and oxygen atoms in total. The molecule has 0 N–H and O–H groups in total. The Bertz CT molecular complexity index is 1710. The fourth-order valence-electron chi connectivity index (χ4n) is 7.44. The highest BCUT2D eigenvalue weighted by atomic mass is 15.2. The molecular formula is C35H35BN2. The Morgan fingerprint density at radius 3 is 2.37 bits per heavy atom. The van der Waals surface area contributed by atoms with Crippen molar-refractivity contribution in [2.45, 2.75) is 70.7 Å². The zero-order chi connectivity index (χ0) is 27.6. The zero-order valence-electron chi connectivity index (χ0n) is 24.8. The van der Waals surface area contributed by atoms with Gasteiger partial charge in [-0.3, -0.25) is 0 Å². The zero-order valence-corrected chi connectivity index (χ0v) is 22.8. The Morgan fingerprint density at radius 1 is 0.816 bits per heavy atom. The number of benzene rings is 4. The highest BCUT2D eigenvalue weighted by molar-refractivity contribution is 7.00. The molecule has 4 aromatic rings. The van der Waals surface area contributed by atoms with Gasteiger partial charge in [-0.15, -0.1) is 0 Å². The van der Waals surface area contributed by atoms with E-state index < -0.39 is 11.9 Å². The van der Waals surface area contributed by atoms with Crippen molar-refractivity contribution in [2.24, 2.45) is 0 Å². The molecule has 2 unspecified atom stereocenters. The molecule has 1 aliphatic carbocycles. The van der Waals surface area contributed by atoms with E-state index in [4.69, 9.17) is 0 Å². The minimum absolute atomic E-state index is 0.0569. The van der Waals surface area contributed by atoms with Crippen LogP contribution in [0.15, 0.2) is 78.9 Å². The standard InChI is InChI=1S/C35H35BN2/c1-22-18-31-33-32(19-22)38-29-16-10-8-14-25(29)26-20-23(35(2,3)4)21-28(34(26)38)36(33)27-15-9-11-17-30(27)37(31)24-12-6-5-7-13-24/h5-7,9,11-13,15,17-21,25,29H,8,10,14,16H2,1-4H3/i25D,29D. The smallest absolute Gasteiger partial charge is 0.252 e. The topological polar surface area (TPSA) is 6.48 Å². The van der Waals surface area contributed by atoms with Gasteiger partial charge < -0.3 is 9.80 Å². The van der Waals surface area contributed by atoms with Crippen LogP contribution in [0, 0.1) is 6.92 Å². The van der Waals surface area contributed by atoms with E-state index in [9.17, 15) is 2.74 Å². The van der Waals surface area contributed by atoms with Crippen LogP contribution < -0.4 is 26.2 Å². The van der Waals surface area contributed by atoms with Crippen LogP contribution in [0.3, 0.4) is 0 Å². The van der Waals surface area contributed by atoms with Crippen LogP contribution in [0.5, 0.6) is 0 Å². The third kappa shape index (κ3) is 2.96. The van der Waals surface area contributed by atoms with Gasteiger partial charge in [0.05, 0.1) is 1.37 Å². The van der Waals surface area contributed by atoms with E-state index in [0.717, 1.165) is 41.9 Å². The summed E-state index contributed by atoms with van der Waals surface area (Å²) in [6.45, 7) is 9.06. The van der Waals surface area contributed by atoms with E-state index in [2.05, 4.69) is 116 Å². The molecule has 2 atom stereocenters. The minimum Gasteiger partial charge on any atom is -0.338 e. The van der Waals surface area contributed by atoms with Crippen molar-refractivity contribution in [3.8, 4) is 0 Å². The van der Waals surface area contributed by atoms with Crippen molar-refractivity contribution in [2.75, 3.05) is 9.80 Å². The van der Waals surface area contributed by atoms with Crippen LogP contribution in [0.4, 0.5) is 28.4 Å². The quantitative estimate of drug-likeness (QED) is 0.229. The van der Waals surface area contributed by atoms with Gasteiger partial charge in [-0.05, 0) is 88.6 Å². The molecule has 3 heteroatoms. The number of rotatable bonds is 1. The van der Waals surface area contributed by atoms with Gasteiger partial charge in [0.25, 0.3) is 6.71 Å². The Kier molecular flexibility index (Phi) is 4.20. The van der Waals surface area contributed by atoms with Gasteiger partial charge in [0, 0.05) is 41.7 Å². The molecule has 38 heavy (non-hydrogen) atoms. The molecule has 0 saturated heterocycles. The highest BCUT2D eigenvalue weighted by Crippen LogP contribution is 2.54. The second-order valence-electron chi connectivity index (χ2n) is 12.6. The molecule has 4 aliphatic rings. The minimum atomic E-state index is -1.03. The summed E-state index contributed by atoms with van der Waals surface area (Å²) in [5, 5.41) is 0. The van der Waals surface area contributed by atoms with E-state index in [0.29, 0.717) is 6.42 Å². The Balaban J connectivity index is 1.53. The average Bonchev–Trinajstić information content (AvgIpc) is 3.14. The lowest BCUT2D eigenvalue weighted by atomic mass is 9.33. The number of para-hydroxylation sites is 2. The maximum atomic E-state index is 10.1. The second kappa shape index (κ2) is 7.79. The summed E-state index contributed by atoms with van der Waals surface area (Å²) in [6.07, 6.45) is 3.44. The maximum Gasteiger partial charge on any atom is 0.252 e. The number of hydrogen-bond acceptors (Lipinski definition) is 2. The molecule has 1 fully saturated rings. The van der Waals surface area contributed by atoms with Gasteiger partial charge in [-0.1, -0.05) is 82.1 Å². The molecule has 188 valence electrons. The van der Waals surface area contributed by atoms with Crippen molar-refractivity contribution >= 4 is 51.5 Å². The normalized spacial score (nSPS) is 25.2. The predicted molar refractivity (Wildman–Crippen MR) is 163 cm³/mol. The molecule has 1 saturated carbocycles. The van der Waals surface area contributed by atoms with Crippen molar-refractivity contribution in [3.63, 3.8) is 0 Å². The molecule has 0 aromatic heterocycles. The van der Waals surface area contributed by atoms with Crippen LogP contribution in [0.1, 0.15) is 71.8 Å². The van der Waals surface area contributed by atoms with E-state index in [1.807, 2.05) is 0 Å². The average molecular weight is 497 g/mol. The highest BCUT2D eigenvalue weighted by Gasteiger charge is 2.50. The third-order valence-electron chi connectivity index (χ3n) is 9.13. The van der Waals surface area contributed by atoms with E-state index in [1.165, 1.54) is 38.9 Å². The summed E-state index contributed by atoms with van der Waals surface area (Å²) in [7, 11) is 0. The second-order valence-corrected chi connectivity index (χ2v) is 12.6. The van der Waals surface area contributed by atoms with Gasteiger partial charge in [-0.2, -0.15) is 0 Å². The lowest BCUT2D eigenvalue weighted by Gasteiger charge is -2.45. The fourth-order valence-corrected chi connectivity index (χ4v) is 7.44. The predicted octanol–water partition coefficient (Wildman–Crippen LogP) is 7.08. The number of nitrogens with zero attached hydrogens (tertiary/aromatic N) is 2. The summed E-state index contributed by atoms with van der Waals surface area (Å²) >= 11 is 0. The van der Waals surface area contributed by atoms with Crippen LogP contribution in [0.25, 0.3) is 0 Å². The fraction of sp³-hybridized carbons (Fsp3) is 0.314. The summed E-state index contributed by atoms with van der Waals surface area (Å²) in [5.74, 6) is -0.959. The van der Waals surface area contributed by atoms with Crippen molar-refractivity contribution in [1.29, 1.82) is 0 Å². The van der Waals surface area contributed by atoms with Gasteiger partial charge in [0.1, 0.15) is 0 Å². The van der Waals surface area contributed by atoms with Gasteiger partial charge in [0.2, 0.25) is 0 Å². The van der Waals surface area contributed by atoms with Crippen LogP contribution in [-0.4, -0.2) is 12.7 Å². The summed E-state index contributed by atoms with van der Waals surface area (Å²) in [5.41, 5.74) is 13.1. The molecule has 0 bridgehead atoms. The Morgan fingerprint density at radius 2 is 1.55 bits per heavy atom. The number of fused-ring (bicyclic) bond motifs is 7. The van der Waals surface area contributed by atoms with Crippen molar-refractivity contribution in [3.05, 3.63) is 95.6 Å². The lowest BCUT2D eigenvalue weighted by molar-refractivity contribution is 0.402. The third-order valence-corrected chi connectivity index (χ3v) is 9.13. The molecule has 3 aliphatic heterocycles. The number of aryl methyl sites for hydroxylation is 1. The molecule has 0 spiro atoms. The Labute approximate surface area is 230 Å². The van der Waals surface area contributed by atoms with Crippen molar-refractivity contribution < 1.29 is 2.74 Å². The van der Waals surface area contributed by atoms with Gasteiger partial charge in [-0.25, -0.2) is 0 Å². The summed E-state index contributed by atoms with van der Waals surface area (Å²) in [4.78, 5) is 4.73. The molecular weight excluding hydrogens is 459 g/mol. The van der Waals surface area contributed by atoms with E-state index in [1.54, 1.807) is 0 Å². The van der Waals surface area contributed by atoms with Crippen LogP contribution >= 0.6 is 0 Å². The summed E-state index contributed by atoms with van der Waals surface area (Å²) in [6, 6.07) is 27.9. The maximum absolute atomic E-state index is 10.1. The first-order valence-electron chi connectivity index (χ1n) is 15.2. The number of anilines is 5. The molecule has 4 aromatic carbocycles. The van der Waals surface area contributed by atoms with Crippen LogP contribution in [0.2, 0.25) is 0 Å². The van der Waals surface area contributed by atoms with Gasteiger partial charge in [0.15, 0.2) is 0 Å². The van der Waals surface area contributed by atoms with E-state index >= 15 is 0 Å². The largest absolute Gasteiger partial charge is 0.338 e. The molecule has 8 rings (SSSR count). The summed E-state index contributed by atoms with van der Waals surface area (Å²) < 4.78 is 20.2. The molecule has 0 amide bonds. The number of hydrogen-bond donors (Lipinski definition) is 0. The first-order chi connectivity index (χ1) is 19.1. The van der Waals surface area contributed by atoms with Crippen LogP contribution in [-0.2, 0) is 5.41 Å². The van der Waals surface area contributed by atoms with Crippen molar-refractivity contribution in [1.82, 2.24) is 0 Å². The first kappa shape index (κ1) is 20.5. The molecule has 0 radical (unpaired) electrons. The van der Waals surface area contributed by atoms with E-state index in [-0.39, 0.29) is 12.1 Å². The first-order valence-corrected chi connectivity index (χ1v) is 14.2. The Hall–Kier alpha value is -3.46. The monoisotopic (exact) mass is 496 g/mol. The van der Waals surface area contributed by atoms with Gasteiger partial charge >= 0.3 is 0 Å². The molecule has 3 heterocycles. The SMILES string of the molecule is [2H]C12CCCCC1([2H])N1c3cc(C)cc4c3B(c3ccccc3N4c3ccccc3)c3cc(C(C)(C)C)cc2c31. The lowest BCUT2D eigenvalue weighted by Crippen LogP contribution is -2.62.